The summed E-state index contributed by atoms with van der Waals surface area (Å²) in [6.07, 6.45) is -1.23. The van der Waals surface area contributed by atoms with Gasteiger partial charge in [-0.1, -0.05) is 121 Å². The molecule has 1 fully saturated rings. The van der Waals surface area contributed by atoms with Crippen molar-refractivity contribution in [3.63, 3.8) is 0 Å². The minimum Gasteiger partial charge on any atom is -0.390 e. The quantitative estimate of drug-likeness (QED) is 0.322. The van der Waals surface area contributed by atoms with Crippen molar-refractivity contribution in [3.8, 4) is 0 Å². The summed E-state index contributed by atoms with van der Waals surface area (Å²) in [4.78, 5) is 0. The molecule has 0 radical (unpaired) electrons. The Morgan fingerprint density at radius 3 is 1.63 bits per heavy atom. The maximum absolute atomic E-state index is 10.8. The Hall–Kier alpha value is -3.28. The average molecular weight is 467 g/mol. The van der Waals surface area contributed by atoms with Crippen molar-refractivity contribution in [1.29, 1.82) is 0 Å². The maximum Gasteiger partial charge on any atom is 0.161 e. The summed E-state index contributed by atoms with van der Waals surface area (Å²) in [6, 6.07) is 40.6. The second-order valence-corrected chi connectivity index (χ2v) is 8.79. The van der Waals surface area contributed by atoms with E-state index in [1.54, 1.807) is 0 Å². The number of aliphatic hydroxyl groups is 1. The second-order valence-electron chi connectivity index (χ2n) is 8.79. The third-order valence-electron chi connectivity index (χ3n) is 6.47. The van der Waals surface area contributed by atoms with Crippen molar-refractivity contribution in [2.45, 2.75) is 37.1 Å². The van der Waals surface area contributed by atoms with Crippen LogP contribution in [0, 0.1) is 0 Å². The van der Waals surface area contributed by atoms with Crippen LogP contribution < -0.4 is 0 Å². The van der Waals surface area contributed by atoms with Gasteiger partial charge >= 0.3 is 0 Å². The van der Waals surface area contributed by atoms with Crippen LogP contribution in [0.2, 0.25) is 0 Å². The third kappa shape index (κ3) is 5.21. The Bertz CT molecular complexity index is 1070. The van der Waals surface area contributed by atoms with Crippen LogP contribution in [0.3, 0.4) is 0 Å². The minimum atomic E-state index is -0.851. The van der Waals surface area contributed by atoms with Gasteiger partial charge in [-0.05, 0) is 22.3 Å². The van der Waals surface area contributed by atoms with Gasteiger partial charge in [0.1, 0.15) is 11.7 Å². The molecule has 0 aliphatic carbocycles. The molecule has 0 spiro atoms. The molecule has 1 aliphatic rings. The molecule has 5 rings (SSSR count). The van der Waals surface area contributed by atoms with Crippen LogP contribution in [0.1, 0.15) is 28.7 Å². The van der Waals surface area contributed by atoms with E-state index in [-0.39, 0.29) is 6.61 Å². The fourth-order valence-corrected chi connectivity index (χ4v) is 4.69. The summed E-state index contributed by atoms with van der Waals surface area (Å²) in [7, 11) is 0. The second kappa shape index (κ2) is 11.0. The molecule has 4 heteroatoms. The Kier molecular flexibility index (Phi) is 7.36. The zero-order valence-corrected chi connectivity index (χ0v) is 19.6. The summed E-state index contributed by atoms with van der Waals surface area (Å²) in [5, 5.41) is 10.8. The number of benzene rings is 4. The van der Waals surface area contributed by atoms with Crippen molar-refractivity contribution in [1.82, 2.24) is 0 Å². The fraction of sp³-hybridized carbons (Fsp3) is 0.226. The number of ether oxygens (including phenoxy) is 3. The lowest BCUT2D eigenvalue weighted by atomic mass is 9.80. The fourth-order valence-electron chi connectivity index (χ4n) is 4.69. The first-order valence-electron chi connectivity index (χ1n) is 12.1. The van der Waals surface area contributed by atoms with Gasteiger partial charge in [-0.25, -0.2) is 0 Å². The predicted molar refractivity (Wildman–Crippen MR) is 136 cm³/mol. The molecule has 1 saturated heterocycles. The van der Waals surface area contributed by atoms with Crippen LogP contribution in [0.5, 0.6) is 0 Å². The highest BCUT2D eigenvalue weighted by atomic mass is 16.7. The minimum absolute atomic E-state index is 0.213. The van der Waals surface area contributed by atoms with Gasteiger partial charge in [-0.2, -0.15) is 0 Å². The van der Waals surface area contributed by atoms with Crippen molar-refractivity contribution >= 4 is 0 Å². The number of rotatable bonds is 9. The molecule has 0 saturated carbocycles. The third-order valence-corrected chi connectivity index (χ3v) is 6.47. The van der Waals surface area contributed by atoms with E-state index in [4.69, 9.17) is 14.2 Å². The molecular formula is C31H30O4. The van der Waals surface area contributed by atoms with Crippen LogP contribution in [0.15, 0.2) is 121 Å². The van der Waals surface area contributed by atoms with Crippen LogP contribution in [0.25, 0.3) is 0 Å². The molecule has 4 aromatic carbocycles. The van der Waals surface area contributed by atoms with E-state index < -0.39 is 24.1 Å². The smallest absolute Gasteiger partial charge is 0.161 e. The molecule has 0 bridgehead atoms. The molecule has 3 atom stereocenters. The van der Waals surface area contributed by atoms with E-state index in [0.29, 0.717) is 13.0 Å². The normalized spacial score (nSPS) is 20.1. The van der Waals surface area contributed by atoms with E-state index in [1.165, 1.54) is 0 Å². The van der Waals surface area contributed by atoms with E-state index in [0.717, 1.165) is 22.3 Å². The van der Waals surface area contributed by atoms with E-state index in [2.05, 4.69) is 36.4 Å². The molecule has 0 unspecified atom stereocenters. The molecule has 0 aromatic heterocycles. The zero-order valence-electron chi connectivity index (χ0n) is 19.6. The highest BCUT2D eigenvalue weighted by Gasteiger charge is 2.41. The van der Waals surface area contributed by atoms with Crippen LogP contribution >= 0.6 is 0 Å². The predicted octanol–water partition coefficient (Wildman–Crippen LogP) is 5.69. The molecule has 1 heterocycles. The van der Waals surface area contributed by atoms with E-state index in [1.807, 2.05) is 84.9 Å². The van der Waals surface area contributed by atoms with Gasteiger partial charge in [-0.15, -0.1) is 0 Å². The summed E-state index contributed by atoms with van der Waals surface area (Å²) < 4.78 is 18.9. The van der Waals surface area contributed by atoms with Crippen molar-refractivity contribution in [2.75, 3.05) is 6.61 Å². The molecular weight excluding hydrogens is 436 g/mol. The van der Waals surface area contributed by atoms with Crippen LogP contribution in [-0.4, -0.2) is 30.2 Å². The molecule has 0 amide bonds. The lowest BCUT2D eigenvalue weighted by Gasteiger charge is -2.37. The Morgan fingerprint density at radius 2 is 1.14 bits per heavy atom. The van der Waals surface area contributed by atoms with Gasteiger partial charge in [0.15, 0.2) is 6.29 Å². The SMILES string of the molecule is O[C@@H]1C[C@H](OCc2ccccc2)O[C@@H]1COC(c1ccccc1)(c1ccccc1)c1ccccc1. The first kappa shape index (κ1) is 23.5. The zero-order chi connectivity index (χ0) is 23.9. The average Bonchev–Trinajstić information content (AvgIpc) is 3.29. The molecule has 4 aromatic rings. The van der Waals surface area contributed by atoms with Crippen molar-refractivity contribution < 1.29 is 19.3 Å². The maximum atomic E-state index is 10.8. The summed E-state index contributed by atoms with van der Waals surface area (Å²) in [6.45, 7) is 0.652. The monoisotopic (exact) mass is 466 g/mol. The van der Waals surface area contributed by atoms with Crippen LogP contribution in [-0.2, 0) is 26.4 Å². The Balaban J connectivity index is 1.39. The largest absolute Gasteiger partial charge is 0.390 e. The van der Waals surface area contributed by atoms with Gasteiger partial charge in [0, 0.05) is 6.42 Å². The van der Waals surface area contributed by atoms with Crippen LogP contribution in [0.4, 0.5) is 0 Å². The van der Waals surface area contributed by atoms with Crippen molar-refractivity contribution in [3.05, 3.63) is 144 Å². The lowest BCUT2D eigenvalue weighted by Crippen LogP contribution is -2.38. The van der Waals surface area contributed by atoms with Gasteiger partial charge < -0.3 is 19.3 Å². The molecule has 35 heavy (non-hydrogen) atoms. The highest BCUT2D eigenvalue weighted by Crippen LogP contribution is 2.41. The van der Waals surface area contributed by atoms with Gasteiger partial charge in [0.25, 0.3) is 0 Å². The number of aliphatic hydroxyl groups excluding tert-OH is 1. The molecule has 4 nitrogen and oxygen atoms in total. The van der Waals surface area contributed by atoms with Crippen molar-refractivity contribution in [2.24, 2.45) is 0 Å². The Labute approximate surface area is 206 Å². The standard InChI is InChI=1S/C31H30O4/c32-28-21-30(33-22-24-13-5-1-6-14-24)35-29(28)23-34-31(25-15-7-2-8-16-25,26-17-9-3-10-18-26)27-19-11-4-12-20-27/h1-20,28-30,32H,21-23H2/t28-,29-,30-/m1/s1. The number of hydrogen-bond acceptors (Lipinski definition) is 4. The van der Waals surface area contributed by atoms with Gasteiger partial charge in [-0.3, -0.25) is 0 Å². The molecule has 1 aliphatic heterocycles. The summed E-state index contributed by atoms with van der Waals surface area (Å²) in [5.41, 5.74) is 3.27. The molecule has 178 valence electrons. The van der Waals surface area contributed by atoms with Gasteiger partial charge in [0.2, 0.25) is 0 Å². The highest BCUT2D eigenvalue weighted by molar-refractivity contribution is 5.47. The first-order chi connectivity index (χ1) is 17.3. The summed E-state index contributed by atoms with van der Waals surface area (Å²) >= 11 is 0. The topological polar surface area (TPSA) is 47.9 Å². The van der Waals surface area contributed by atoms with E-state index >= 15 is 0 Å². The molecule has 1 N–H and O–H groups in total. The number of hydrogen-bond donors (Lipinski definition) is 1. The van der Waals surface area contributed by atoms with E-state index in [9.17, 15) is 5.11 Å². The summed E-state index contributed by atoms with van der Waals surface area (Å²) in [5.74, 6) is 0. The Morgan fingerprint density at radius 1 is 0.686 bits per heavy atom. The lowest BCUT2D eigenvalue weighted by molar-refractivity contribution is -0.162. The van der Waals surface area contributed by atoms with Gasteiger partial charge in [0.05, 0.1) is 19.3 Å². The first-order valence-corrected chi connectivity index (χ1v) is 12.1.